The number of hydrogen-bond acceptors (Lipinski definition) is 3. The van der Waals surface area contributed by atoms with Gasteiger partial charge in [-0.2, -0.15) is 0 Å². The summed E-state index contributed by atoms with van der Waals surface area (Å²) in [6, 6.07) is 4.94. The van der Waals surface area contributed by atoms with Crippen LogP contribution in [0.1, 0.15) is 36.0 Å². The molecular formula is C15H17N3O4. The number of carboxylic acid groups (broad SMARTS) is 1. The predicted molar refractivity (Wildman–Crippen MR) is 79.8 cm³/mol. The van der Waals surface area contributed by atoms with Crippen LogP contribution in [0.3, 0.4) is 0 Å². The van der Waals surface area contributed by atoms with Crippen molar-refractivity contribution in [3.63, 3.8) is 0 Å². The minimum atomic E-state index is -0.913. The number of amides is 1. The zero-order chi connectivity index (χ0) is 15.9. The van der Waals surface area contributed by atoms with Crippen molar-refractivity contribution < 1.29 is 14.7 Å². The van der Waals surface area contributed by atoms with Gasteiger partial charge in [-0.15, -0.1) is 0 Å². The van der Waals surface area contributed by atoms with Crippen LogP contribution >= 0.6 is 0 Å². The van der Waals surface area contributed by atoms with Gasteiger partial charge in [0.25, 0.3) is 5.91 Å². The lowest BCUT2D eigenvalue weighted by atomic mass is 9.74. The van der Waals surface area contributed by atoms with E-state index in [1.165, 1.54) is 4.57 Å². The topological polar surface area (TPSA) is 104 Å². The molecule has 22 heavy (non-hydrogen) atoms. The molecule has 1 aromatic carbocycles. The van der Waals surface area contributed by atoms with Gasteiger partial charge < -0.3 is 15.4 Å². The molecule has 1 saturated carbocycles. The van der Waals surface area contributed by atoms with Gasteiger partial charge in [-0.05, 0) is 37.5 Å². The molecule has 116 valence electrons. The molecular weight excluding hydrogens is 286 g/mol. The number of aromatic nitrogens is 2. The van der Waals surface area contributed by atoms with E-state index in [1.54, 1.807) is 25.2 Å². The summed E-state index contributed by atoms with van der Waals surface area (Å²) >= 11 is 0. The van der Waals surface area contributed by atoms with Crippen molar-refractivity contribution in [1.82, 2.24) is 14.9 Å². The largest absolute Gasteiger partial charge is 0.481 e. The third-order valence-electron chi connectivity index (χ3n) is 4.35. The number of nitrogens with zero attached hydrogens (tertiary/aromatic N) is 1. The summed E-state index contributed by atoms with van der Waals surface area (Å²) in [4.78, 5) is 37.6. The van der Waals surface area contributed by atoms with Crippen LogP contribution in [0.5, 0.6) is 0 Å². The molecule has 1 aromatic heterocycles. The summed E-state index contributed by atoms with van der Waals surface area (Å²) < 4.78 is 1.43. The van der Waals surface area contributed by atoms with Gasteiger partial charge in [0.05, 0.1) is 23.0 Å². The molecule has 1 aliphatic carbocycles. The molecule has 0 radical (unpaired) electrons. The predicted octanol–water partition coefficient (Wildman–Crippen LogP) is 0.994. The first-order valence-electron chi connectivity index (χ1n) is 7.13. The van der Waals surface area contributed by atoms with E-state index >= 15 is 0 Å². The highest BCUT2D eigenvalue weighted by molar-refractivity contribution is 5.98. The molecule has 7 heteroatoms. The Kier molecular flexibility index (Phi) is 3.27. The van der Waals surface area contributed by atoms with Crippen LogP contribution in [0, 0.1) is 0 Å². The van der Waals surface area contributed by atoms with Gasteiger partial charge in [0.2, 0.25) is 0 Å². The maximum absolute atomic E-state index is 12.4. The molecule has 7 nitrogen and oxygen atoms in total. The molecule has 0 atom stereocenters. The van der Waals surface area contributed by atoms with E-state index < -0.39 is 11.5 Å². The number of nitrogens with one attached hydrogen (secondary N) is 2. The molecule has 2 aromatic rings. The Labute approximate surface area is 125 Å². The summed E-state index contributed by atoms with van der Waals surface area (Å²) in [5.41, 5.74) is 0.834. The number of carbonyl (C=O) groups is 2. The van der Waals surface area contributed by atoms with Gasteiger partial charge in [0, 0.05) is 12.6 Å². The number of fused-ring (bicyclic) bond motifs is 1. The quantitative estimate of drug-likeness (QED) is 0.783. The molecule has 3 N–H and O–H groups in total. The molecule has 1 heterocycles. The Morgan fingerprint density at radius 1 is 1.41 bits per heavy atom. The van der Waals surface area contributed by atoms with Gasteiger partial charge in [0.1, 0.15) is 0 Å². The monoisotopic (exact) mass is 303 g/mol. The van der Waals surface area contributed by atoms with Gasteiger partial charge in [-0.1, -0.05) is 0 Å². The molecule has 1 amide bonds. The highest BCUT2D eigenvalue weighted by atomic mass is 16.4. The Hall–Kier alpha value is -2.57. The second-order valence-corrected chi connectivity index (χ2v) is 5.88. The Morgan fingerprint density at radius 3 is 2.73 bits per heavy atom. The van der Waals surface area contributed by atoms with Crippen molar-refractivity contribution in [3.8, 4) is 0 Å². The fourth-order valence-corrected chi connectivity index (χ4v) is 2.92. The van der Waals surface area contributed by atoms with Crippen molar-refractivity contribution in [2.45, 2.75) is 31.2 Å². The van der Waals surface area contributed by atoms with Gasteiger partial charge in [0.15, 0.2) is 0 Å². The highest BCUT2D eigenvalue weighted by Crippen LogP contribution is 2.35. The van der Waals surface area contributed by atoms with Crippen LogP contribution in [0.15, 0.2) is 23.0 Å². The lowest BCUT2D eigenvalue weighted by Crippen LogP contribution is -2.54. The SMILES string of the molecule is Cn1c(=O)[nH]c2ccc(C(=O)NC3(CC(=O)O)CCC3)cc21. The maximum atomic E-state index is 12.4. The fraction of sp³-hybridized carbons (Fsp3) is 0.400. The number of hydrogen-bond donors (Lipinski definition) is 3. The van der Waals surface area contributed by atoms with Crippen LogP contribution in [0.4, 0.5) is 0 Å². The number of rotatable bonds is 4. The van der Waals surface area contributed by atoms with Crippen molar-refractivity contribution >= 4 is 22.9 Å². The smallest absolute Gasteiger partial charge is 0.326 e. The standard InChI is InChI=1S/C15H17N3O4/c1-18-11-7-9(3-4-10(11)16-14(18)22)13(21)17-15(5-2-6-15)8-12(19)20/h3-4,7H,2,5-6,8H2,1H3,(H,16,22)(H,17,21)(H,19,20). The van der Waals surface area contributed by atoms with Crippen LogP contribution in [0.25, 0.3) is 11.0 Å². The molecule has 0 unspecified atom stereocenters. The third-order valence-corrected chi connectivity index (χ3v) is 4.35. The van der Waals surface area contributed by atoms with E-state index in [-0.39, 0.29) is 18.0 Å². The normalized spacial score (nSPS) is 16.2. The minimum Gasteiger partial charge on any atom is -0.481 e. The van der Waals surface area contributed by atoms with Crippen LogP contribution in [0.2, 0.25) is 0 Å². The zero-order valence-electron chi connectivity index (χ0n) is 12.2. The van der Waals surface area contributed by atoms with Crippen molar-refractivity contribution in [2.75, 3.05) is 0 Å². The van der Waals surface area contributed by atoms with Crippen molar-refractivity contribution in [1.29, 1.82) is 0 Å². The summed E-state index contributed by atoms with van der Waals surface area (Å²) in [5, 5.41) is 11.8. The molecule has 0 saturated heterocycles. The second kappa shape index (κ2) is 5.01. The Bertz CT molecular complexity index is 814. The number of carboxylic acids is 1. The van der Waals surface area contributed by atoms with E-state index in [4.69, 9.17) is 5.11 Å². The first-order chi connectivity index (χ1) is 10.4. The van der Waals surface area contributed by atoms with E-state index in [9.17, 15) is 14.4 Å². The summed E-state index contributed by atoms with van der Waals surface area (Å²) in [6.07, 6.45) is 2.20. The first-order valence-corrected chi connectivity index (χ1v) is 7.13. The molecule has 0 bridgehead atoms. The molecule has 0 aliphatic heterocycles. The zero-order valence-corrected chi connectivity index (χ0v) is 12.2. The average Bonchev–Trinajstić information content (AvgIpc) is 2.71. The second-order valence-electron chi connectivity index (χ2n) is 5.88. The van der Waals surface area contributed by atoms with Crippen LogP contribution in [-0.4, -0.2) is 32.1 Å². The first kappa shape index (κ1) is 14.4. The number of benzene rings is 1. The molecule has 3 rings (SSSR count). The Balaban J connectivity index is 1.87. The molecule has 0 spiro atoms. The maximum Gasteiger partial charge on any atom is 0.326 e. The van der Waals surface area contributed by atoms with Gasteiger partial charge in [-0.25, -0.2) is 4.79 Å². The minimum absolute atomic E-state index is 0.0658. The number of H-pyrrole nitrogens is 1. The van der Waals surface area contributed by atoms with E-state index in [0.29, 0.717) is 29.4 Å². The molecule has 1 fully saturated rings. The van der Waals surface area contributed by atoms with E-state index in [0.717, 1.165) is 6.42 Å². The van der Waals surface area contributed by atoms with Crippen LogP contribution in [-0.2, 0) is 11.8 Å². The van der Waals surface area contributed by atoms with E-state index in [2.05, 4.69) is 10.3 Å². The fourth-order valence-electron chi connectivity index (χ4n) is 2.92. The summed E-state index contributed by atoms with van der Waals surface area (Å²) in [7, 11) is 1.63. The van der Waals surface area contributed by atoms with Crippen LogP contribution < -0.4 is 11.0 Å². The summed E-state index contributed by atoms with van der Waals surface area (Å²) in [5.74, 6) is -1.22. The van der Waals surface area contributed by atoms with Gasteiger partial charge >= 0.3 is 11.7 Å². The number of aryl methyl sites for hydroxylation is 1. The van der Waals surface area contributed by atoms with Gasteiger partial charge in [-0.3, -0.25) is 14.2 Å². The highest BCUT2D eigenvalue weighted by Gasteiger charge is 2.40. The van der Waals surface area contributed by atoms with Crippen molar-refractivity contribution in [3.05, 3.63) is 34.2 Å². The lowest BCUT2D eigenvalue weighted by Gasteiger charge is -2.41. The summed E-state index contributed by atoms with van der Waals surface area (Å²) in [6.45, 7) is 0. The van der Waals surface area contributed by atoms with E-state index in [1.807, 2.05) is 0 Å². The number of carbonyl (C=O) groups excluding carboxylic acids is 1. The average molecular weight is 303 g/mol. The number of imidazole rings is 1. The van der Waals surface area contributed by atoms with Crippen molar-refractivity contribution in [2.24, 2.45) is 7.05 Å². The number of aromatic amines is 1. The Morgan fingerprint density at radius 2 is 2.14 bits per heavy atom. The number of aliphatic carboxylic acids is 1. The third kappa shape index (κ3) is 2.38. The molecule has 1 aliphatic rings. The lowest BCUT2D eigenvalue weighted by molar-refractivity contribution is -0.139.